The Balaban J connectivity index is 1.50. The molecule has 1 aliphatic carbocycles. The number of anilines is 1. The second-order valence-electron chi connectivity index (χ2n) is 8.54. The summed E-state index contributed by atoms with van der Waals surface area (Å²) < 4.78 is 2.08. The molecule has 2 aliphatic heterocycles. The van der Waals surface area contributed by atoms with E-state index in [0.29, 0.717) is 24.7 Å². The fourth-order valence-electron chi connectivity index (χ4n) is 5.10. The van der Waals surface area contributed by atoms with Crippen LogP contribution in [0.3, 0.4) is 0 Å². The summed E-state index contributed by atoms with van der Waals surface area (Å²) in [5.41, 5.74) is 2.88. The van der Waals surface area contributed by atoms with Crippen LogP contribution in [0.2, 0.25) is 0 Å². The van der Waals surface area contributed by atoms with Crippen LogP contribution in [0, 0.1) is 0 Å². The van der Waals surface area contributed by atoms with Crippen LogP contribution < -0.4 is 4.90 Å². The standard InChI is InChI=1S/C24H24N6O/c1-28-23(31)21-22(30-19-11-5-10-18(19)26-24(28)30)27-20(13-16-7-3-2-4-8-16)29(21)15-17-9-6-12-25-14-17/h2-4,6-9,12,14,18-19H,5,10-11,13,15H2,1H3/t18-,19+/m1/s1. The molecule has 31 heavy (non-hydrogen) atoms. The molecular weight excluding hydrogens is 388 g/mol. The van der Waals surface area contributed by atoms with Gasteiger partial charge in [0.25, 0.3) is 5.91 Å². The first-order chi connectivity index (χ1) is 15.2. The number of rotatable bonds is 4. The minimum absolute atomic E-state index is 0.0410. The van der Waals surface area contributed by atoms with Gasteiger partial charge in [0.05, 0.1) is 18.6 Å². The van der Waals surface area contributed by atoms with Crippen molar-refractivity contribution >= 4 is 17.7 Å². The van der Waals surface area contributed by atoms with E-state index in [2.05, 4.69) is 26.6 Å². The Kier molecular flexibility index (Phi) is 4.16. The van der Waals surface area contributed by atoms with Gasteiger partial charge in [0.2, 0.25) is 5.96 Å². The molecular formula is C24H24N6O. The van der Waals surface area contributed by atoms with Crippen LogP contribution in [-0.2, 0) is 13.0 Å². The van der Waals surface area contributed by atoms with Crippen molar-refractivity contribution in [2.45, 2.75) is 44.3 Å². The van der Waals surface area contributed by atoms with Gasteiger partial charge in [0, 0.05) is 25.9 Å². The van der Waals surface area contributed by atoms with Crippen LogP contribution in [0.25, 0.3) is 0 Å². The van der Waals surface area contributed by atoms with Crippen molar-refractivity contribution in [1.82, 2.24) is 19.4 Å². The summed E-state index contributed by atoms with van der Waals surface area (Å²) in [7, 11) is 1.83. The fraction of sp³-hybridized carbons (Fsp3) is 0.333. The Morgan fingerprint density at radius 1 is 1.06 bits per heavy atom. The summed E-state index contributed by atoms with van der Waals surface area (Å²) in [6.45, 7) is 0.562. The maximum atomic E-state index is 13.5. The van der Waals surface area contributed by atoms with E-state index >= 15 is 0 Å². The third-order valence-corrected chi connectivity index (χ3v) is 6.60. The highest BCUT2D eigenvalue weighted by Gasteiger charge is 2.49. The summed E-state index contributed by atoms with van der Waals surface area (Å²) in [5.74, 6) is 2.38. The van der Waals surface area contributed by atoms with Gasteiger partial charge in [0.15, 0.2) is 11.5 Å². The number of carbonyl (C=O) groups is 1. The summed E-state index contributed by atoms with van der Waals surface area (Å²) in [4.78, 5) is 31.7. The van der Waals surface area contributed by atoms with Crippen LogP contribution >= 0.6 is 0 Å². The lowest BCUT2D eigenvalue weighted by Crippen LogP contribution is -2.51. The third-order valence-electron chi connectivity index (χ3n) is 6.60. The number of benzene rings is 1. The van der Waals surface area contributed by atoms with Crippen LogP contribution in [0.1, 0.15) is 46.7 Å². The van der Waals surface area contributed by atoms with Gasteiger partial charge in [-0.3, -0.25) is 19.6 Å². The summed E-state index contributed by atoms with van der Waals surface area (Å²) in [6, 6.07) is 14.8. The van der Waals surface area contributed by atoms with Crippen molar-refractivity contribution in [2.24, 2.45) is 4.99 Å². The molecule has 0 radical (unpaired) electrons. The normalized spacial score (nSPS) is 21.7. The molecule has 1 saturated carbocycles. The molecule has 2 aromatic heterocycles. The lowest BCUT2D eigenvalue weighted by atomic mass is 10.1. The van der Waals surface area contributed by atoms with Gasteiger partial charge in [-0.15, -0.1) is 0 Å². The number of pyridine rings is 1. The third kappa shape index (κ3) is 2.87. The number of hydrogen-bond acceptors (Lipinski definition) is 5. The topological polar surface area (TPSA) is 66.6 Å². The van der Waals surface area contributed by atoms with Crippen LogP contribution in [-0.4, -0.2) is 50.4 Å². The first-order valence-electron chi connectivity index (χ1n) is 10.9. The van der Waals surface area contributed by atoms with Gasteiger partial charge in [-0.25, -0.2) is 9.98 Å². The Bertz CT molecular complexity index is 1170. The smallest absolute Gasteiger partial charge is 0.280 e. The zero-order chi connectivity index (χ0) is 20.9. The molecule has 6 rings (SSSR count). The number of fused-ring (bicyclic) bond motifs is 5. The van der Waals surface area contributed by atoms with Gasteiger partial charge >= 0.3 is 0 Å². The number of amides is 1. The molecule has 156 valence electrons. The average Bonchev–Trinajstić information content (AvgIpc) is 3.47. The number of hydrogen-bond donors (Lipinski definition) is 0. The first-order valence-corrected chi connectivity index (χ1v) is 10.9. The van der Waals surface area contributed by atoms with Crippen molar-refractivity contribution < 1.29 is 4.79 Å². The molecule has 0 spiro atoms. The number of nitrogens with zero attached hydrogens (tertiary/aromatic N) is 6. The molecule has 1 aromatic carbocycles. The zero-order valence-corrected chi connectivity index (χ0v) is 17.5. The quantitative estimate of drug-likeness (QED) is 0.661. The molecule has 0 saturated heterocycles. The fourth-order valence-corrected chi connectivity index (χ4v) is 5.10. The van der Waals surface area contributed by atoms with Gasteiger partial charge < -0.3 is 4.57 Å². The highest BCUT2D eigenvalue weighted by Crippen LogP contribution is 2.40. The molecule has 1 amide bonds. The molecule has 4 heterocycles. The Morgan fingerprint density at radius 3 is 2.71 bits per heavy atom. The predicted octanol–water partition coefficient (Wildman–Crippen LogP) is 3.10. The van der Waals surface area contributed by atoms with E-state index in [1.54, 1.807) is 11.1 Å². The SMILES string of the molecule is CN1C(=O)c2c(nc(Cc3ccccc3)n2Cc2cccnc2)N2C1=N[C@@H]1CCC[C@@H]12. The minimum Gasteiger partial charge on any atom is -0.317 e. The lowest BCUT2D eigenvalue weighted by molar-refractivity contribution is 0.0854. The highest BCUT2D eigenvalue weighted by molar-refractivity contribution is 6.18. The number of carbonyl (C=O) groups excluding carboxylic acids is 1. The monoisotopic (exact) mass is 412 g/mol. The maximum Gasteiger partial charge on any atom is 0.280 e. The van der Waals surface area contributed by atoms with E-state index < -0.39 is 0 Å². The molecule has 3 aliphatic rings. The second kappa shape index (κ2) is 7.04. The number of imidazole rings is 1. The first kappa shape index (κ1) is 18.3. The second-order valence-corrected chi connectivity index (χ2v) is 8.54. The molecule has 0 unspecified atom stereocenters. The van der Waals surface area contributed by atoms with Gasteiger partial charge in [-0.2, -0.15) is 0 Å². The van der Waals surface area contributed by atoms with E-state index in [9.17, 15) is 4.79 Å². The van der Waals surface area contributed by atoms with Crippen LogP contribution in [0.5, 0.6) is 0 Å². The number of guanidine groups is 1. The number of aliphatic imine (C=N–C) groups is 1. The molecule has 7 nitrogen and oxygen atoms in total. The van der Waals surface area contributed by atoms with E-state index in [4.69, 9.17) is 9.98 Å². The molecule has 2 atom stereocenters. The van der Waals surface area contributed by atoms with Crippen molar-refractivity contribution in [2.75, 3.05) is 11.9 Å². The number of aromatic nitrogens is 3. The summed E-state index contributed by atoms with van der Waals surface area (Å²) in [5, 5.41) is 0. The van der Waals surface area contributed by atoms with E-state index in [1.807, 2.05) is 43.6 Å². The largest absolute Gasteiger partial charge is 0.317 e. The van der Waals surface area contributed by atoms with E-state index in [0.717, 1.165) is 36.0 Å². The van der Waals surface area contributed by atoms with Crippen LogP contribution in [0.4, 0.5) is 5.82 Å². The predicted molar refractivity (Wildman–Crippen MR) is 118 cm³/mol. The molecule has 0 bridgehead atoms. The Morgan fingerprint density at radius 2 is 1.90 bits per heavy atom. The zero-order valence-electron chi connectivity index (χ0n) is 17.5. The minimum atomic E-state index is -0.0410. The average molecular weight is 412 g/mol. The van der Waals surface area contributed by atoms with Crippen molar-refractivity contribution in [1.29, 1.82) is 0 Å². The molecule has 3 aromatic rings. The summed E-state index contributed by atoms with van der Waals surface area (Å²) >= 11 is 0. The van der Waals surface area contributed by atoms with Gasteiger partial charge in [-0.05, 0) is 36.5 Å². The Hall–Kier alpha value is -3.48. The molecule has 0 N–H and O–H groups in total. The lowest BCUT2D eigenvalue weighted by Gasteiger charge is -2.34. The van der Waals surface area contributed by atoms with Crippen molar-refractivity contribution in [3.05, 3.63) is 77.5 Å². The van der Waals surface area contributed by atoms with Crippen molar-refractivity contribution in [3.8, 4) is 0 Å². The maximum absolute atomic E-state index is 13.5. The van der Waals surface area contributed by atoms with E-state index in [1.165, 1.54) is 12.0 Å². The van der Waals surface area contributed by atoms with E-state index in [-0.39, 0.29) is 11.9 Å². The van der Waals surface area contributed by atoms with Gasteiger partial charge in [0.1, 0.15) is 5.82 Å². The summed E-state index contributed by atoms with van der Waals surface area (Å²) in [6.07, 6.45) is 7.62. The Labute approximate surface area is 181 Å². The van der Waals surface area contributed by atoms with Crippen LogP contribution in [0.15, 0.2) is 59.9 Å². The molecule has 1 fully saturated rings. The van der Waals surface area contributed by atoms with Crippen molar-refractivity contribution in [3.63, 3.8) is 0 Å². The molecule has 7 heteroatoms. The highest BCUT2D eigenvalue weighted by atomic mass is 16.2. The van der Waals surface area contributed by atoms with Gasteiger partial charge in [-0.1, -0.05) is 36.4 Å².